The molecule has 0 aliphatic heterocycles. The molecule has 12 heavy (non-hydrogen) atoms. The van der Waals surface area contributed by atoms with E-state index in [-0.39, 0.29) is 9.41 Å². The highest BCUT2D eigenvalue weighted by atomic mass is 79.9. The molecule has 0 saturated heterocycles. The van der Waals surface area contributed by atoms with E-state index in [1.54, 1.807) is 0 Å². The van der Waals surface area contributed by atoms with Crippen LogP contribution in [0.3, 0.4) is 0 Å². The summed E-state index contributed by atoms with van der Waals surface area (Å²) >= 11 is 7.90. The van der Waals surface area contributed by atoms with E-state index in [2.05, 4.69) is 20.9 Å². The summed E-state index contributed by atoms with van der Waals surface area (Å²) in [5.41, 5.74) is 0. The van der Waals surface area contributed by atoms with Crippen LogP contribution in [0.1, 0.15) is 0 Å². The number of halogens is 1. The second-order valence-electron chi connectivity index (χ2n) is 2.04. The number of H-pyrrole nitrogens is 1. The largest absolute Gasteiger partial charge is 0.365 e. The van der Waals surface area contributed by atoms with E-state index >= 15 is 0 Å². The van der Waals surface area contributed by atoms with Crippen LogP contribution in [0, 0.1) is 4.51 Å². The van der Waals surface area contributed by atoms with E-state index in [1.165, 1.54) is 12.4 Å². The van der Waals surface area contributed by atoms with Crippen LogP contribution in [-0.4, -0.2) is 13.4 Å². The third-order valence-electron chi connectivity index (χ3n) is 1.17. The van der Waals surface area contributed by atoms with Crippen molar-refractivity contribution in [3.8, 4) is 0 Å². The van der Waals surface area contributed by atoms with Gasteiger partial charge in [-0.1, -0.05) is 12.2 Å². The predicted molar refractivity (Wildman–Crippen MR) is 50.7 cm³/mol. The Labute approximate surface area is 83.0 Å². The molecule has 0 radical (unpaired) electrons. The van der Waals surface area contributed by atoms with Crippen LogP contribution in [0.15, 0.2) is 21.8 Å². The van der Waals surface area contributed by atoms with E-state index < -0.39 is 10.0 Å². The van der Waals surface area contributed by atoms with Crippen LogP contribution in [0.2, 0.25) is 0 Å². The molecule has 0 aliphatic carbocycles. The molecular formula is C5H5BrN2O2S2. The van der Waals surface area contributed by atoms with Gasteiger partial charge >= 0.3 is 0 Å². The monoisotopic (exact) mass is 268 g/mol. The fraction of sp³-hybridized carbons (Fsp3) is 0. The average Bonchev–Trinajstić information content (AvgIpc) is 1.92. The summed E-state index contributed by atoms with van der Waals surface area (Å²) in [4.78, 5) is 2.53. The van der Waals surface area contributed by atoms with Gasteiger partial charge < -0.3 is 4.98 Å². The van der Waals surface area contributed by atoms with Crippen molar-refractivity contribution < 1.29 is 8.42 Å². The second kappa shape index (κ2) is 3.25. The fourth-order valence-corrected chi connectivity index (χ4v) is 2.19. The summed E-state index contributed by atoms with van der Waals surface area (Å²) in [5, 5.41) is 4.89. The van der Waals surface area contributed by atoms with Crippen LogP contribution in [0.5, 0.6) is 0 Å². The SMILES string of the molecule is NS(=O)(=O)c1c[nH]cc(Br)c1=S. The maximum atomic E-state index is 10.9. The molecule has 0 aliphatic rings. The normalized spacial score (nSPS) is 11.5. The van der Waals surface area contributed by atoms with Gasteiger partial charge in [-0.3, -0.25) is 0 Å². The number of primary sulfonamides is 1. The Balaban J connectivity index is 3.59. The molecule has 0 bridgehead atoms. The summed E-state index contributed by atoms with van der Waals surface area (Å²) in [7, 11) is -3.72. The number of sulfonamides is 1. The molecule has 3 N–H and O–H groups in total. The van der Waals surface area contributed by atoms with Crippen molar-refractivity contribution in [3.63, 3.8) is 0 Å². The van der Waals surface area contributed by atoms with Crippen molar-refractivity contribution in [1.82, 2.24) is 4.98 Å². The van der Waals surface area contributed by atoms with Crippen molar-refractivity contribution in [3.05, 3.63) is 21.4 Å². The van der Waals surface area contributed by atoms with Gasteiger partial charge in [0.15, 0.2) is 0 Å². The molecular weight excluding hydrogens is 264 g/mol. The zero-order valence-electron chi connectivity index (χ0n) is 5.74. The molecule has 1 rings (SSSR count). The topological polar surface area (TPSA) is 76.0 Å². The number of nitrogens with one attached hydrogen (secondary N) is 1. The summed E-state index contributed by atoms with van der Waals surface area (Å²) in [6, 6.07) is 0. The highest BCUT2D eigenvalue weighted by Crippen LogP contribution is 2.16. The minimum Gasteiger partial charge on any atom is -0.365 e. The van der Waals surface area contributed by atoms with Crippen LogP contribution in [0.4, 0.5) is 0 Å². The Morgan fingerprint density at radius 3 is 2.50 bits per heavy atom. The van der Waals surface area contributed by atoms with Gasteiger partial charge in [-0.25, -0.2) is 13.6 Å². The number of aromatic amines is 1. The minimum atomic E-state index is -3.72. The third-order valence-corrected chi connectivity index (χ3v) is 3.56. The van der Waals surface area contributed by atoms with Crippen LogP contribution < -0.4 is 5.14 Å². The molecule has 66 valence electrons. The fourth-order valence-electron chi connectivity index (χ4n) is 0.651. The number of pyridine rings is 1. The second-order valence-corrected chi connectivity index (χ2v) is 4.83. The lowest BCUT2D eigenvalue weighted by atomic mass is 10.5. The maximum absolute atomic E-state index is 10.9. The quantitative estimate of drug-likeness (QED) is 0.751. The number of nitrogens with two attached hydrogens (primary N) is 1. The van der Waals surface area contributed by atoms with E-state index in [1.807, 2.05) is 0 Å². The van der Waals surface area contributed by atoms with Crippen LogP contribution >= 0.6 is 28.1 Å². The average molecular weight is 269 g/mol. The lowest BCUT2D eigenvalue weighted by molar-refractivity contribution is 0.597. The highest BCUT2D eigenvalue weighted by molar-refractivity contribution is 9.10. The Bertz CT molecular complexity index is 451. The molecule has 0 spiro atoms. The van der Waals surface area contributed by atoms with Crippen molar-refractivity contribution in [2.75, 3.05) is 0 Å². The molecule has 4 nitrogen and oxygen atoms in total. The molecule has 0 unspecified atom stereocenters. The third kappa shape index (κ3) is 1.92. The van der Waals surface area contributed by atoms with E-state index in [0.29, 0.717) is 4.47 Å². The molecule has 1 aromatic heterocycles. The first-order valence-corrected chi connectivity index (χ1v) is 5.57. The standard InChI is InChI=1S/C5H5BrN2O2S2/c6-3-1-8-2-4(5(3)11)12(7,9)10/h1-2H,(H,8,11)(H2,7,9,10). The summed E-state index contributed by atoms with van der Waals surface area (Å²) in [6.45, 7) is 0. The molecule has 0 atom stereocenters. The maximum Gasteiger partial charge on any atom is 0.240 e. The van der Waals surface area contributed by atoms with Gasteiger partial charge in [-0.15, -0.1) is 0 Å². The first-order chi connectivity index (χ1) is 5.43. The Morgan fingerprint density at radius 1 is 1.50 bits per heavy atom. The van der Waals surface area contributed by atoms with Gasteiger partial charge in [0.05, 0.1) is 8.98 Å². The van der Waals surface area contributed by atoms with Crippen LogP contribution in [0.25, 0.3) is 0 Å². The Morgan fingerprint density at radius 2 is 2.08 bits per heavy atom. The molecule has 1 heterocycles. The smallest absolute Gasteiger partial charge is 0.240 e. The van der Waals surface area contributed by atoms with Gasteiger partial charge in [-0.2, -0.15) is 0 Å². The molecule has 1 aromatic rings. The Kier molecular flexibility index (Phi) is 2.67. The van der Waals surface area contributed by atoms with Crippen LogP contribution in [-0.2, 0) is 10.0 Å². The van der Waals surface area contributed by atoms with Gasteiger partial charge in [0.1, 0.15) is 4.90 Å². The zero-order valence-corrected chi connectivity index (χ0v) is 8.96. The number of rotatable bonds is 1. The summed E-state index contributed by atoms with van der Waals surface area (Å²) < 4.78 is 22.4. The number of hydrogen-bond donors (Lipinski definition) is 2. The molecule has 0 aromatic carbocycles. The zero-order chi connectivity index (χ0) is 9.35. The number of hydrogen-bond acceptors (Lipinski definition) is 3. The Hall–Kier alpha value is -0.240. The van der Waals surface area contributed by atoms with E-state index in [4.69, 9.17) is 17.4 Å². The lowest BCUT2D eigenvalue weighted by Gasteiger charge is -1.98. The van der Waals surface area contributed by atoms with E-state index in [0.717, 1.165) is 0 Å². The molecule has 0 saturated carbocycles. The van der Waals surface area contributed by atoms with Crippen molar-refractivity contribution >= 4 is 38.2 Å². The summed E-state index contributed by atoms with van der Waals surface area (Å²) in [5.74, 6) is 0. The minimum absolute atomic E-state index is 0.0770. The van der Waals surface area contributed by atoms with Gasteiger partial charge in [0.2, 0.25) is 10.0 Å². The first kappa shape index (κ1) is 9.85. The first-order valence-electron chi connectivity index (χ1n) is 2.82. The van der Waals surface area contributed by atoms with Crippen molar-refractivity contribution in [1.29, 1.82) is 0 Å². The summed E-state index contributed by atoms with van der Waals surface area (Å²) in [6.07, 6.45) is 2.79. The van der Waals surface area contributed by atoms with Gasteiger partial charge in [0.25, 0.3) is 0 Å². The predicted octanol–water partition coefficient (Wildman–Crippen LogP) is 1.15. The highest BCUT2D eigenvalue weighted by Gasteiger charge is 2.10. The molecule has 0 amide bonds. The van der Waals surface area contributed by atoms with Gasteiger partial charge in [-0.05, 0) is 15.9 Å². The van der Waals surface area contributed by atoms with Crippen molar-refractivity contribution in [2.45, 2.75) is 4.90 Å². The molecule has 7 heteroatoms. The van der Waals surface area contributed by atoms with Crippen molar-refractivity contribution in [2.24, 2.45) is 5.14 Å². The van der Waals surface area contributed by atoms with Gasteiger partial charge in [0, 0.05) is 12.4 Å². The lowest BCUT2D eigenvalue weighted by Crippen LogP contribution is -2.13. The van der Waals surface area contributed by atoms with E-state index in [9.17, 15) is 8.42 Å². The molecule has 0 fully saturated rings. The number of aromatic nitrogens is 1.